The zero-order valence-electron chi connectivity index (χ0n) is 9.01. The Morgan fingerprint density at radius 3 is 2.37 bits per heavy atom. The number of carbonyl (C=O) groups excluding carboxylic acids is 1. The Bertz CT molecular complexity index is 438. The first-order valence-electron chi connectivity index (χ1n) is 4.64. The molecule has 108 valence electrons. The molecule has 19 heavy (non-hydrogen) atoms. The number of ketones is 1. The van der Waals surface area contributed by atoms with Gasteiger partial charge in [0.15, 0.2) is 5.82 Å². The summed E-state index contributed by atoms with van der Waals surface area (Å²) in [5, 5.41) is 3.07. The van der Waals surface area contributed by atoms with Crippen molar-refractivity contribution >= 4 is 5.78 Å². The van der Waals surface area contributed by atoms with Crippen LogP contribution in [0.3, 0.4) is 0 Å². The van der Waals surface area contributed by atoms with Crippen LogP contribution in [-0.4, -0.2) is 34.9 Å². The molecule has 5 nitrogen and oxygen atoms in total. The van der Waals surface area contributed by atoms with E-state index in [1.807, 2.05) is 0 Å². The van der Waals surface area contributed by atoms with E-state index in [1.54, 1.807) is 0 Å². The first-order chi connectivity index (χ1) is 8.58. The third kappa shape index (κ3) is 5.68. The summed E-state index contributed by atoms with van der Waals surface area (Å²) in [7, 11) is 0. The topological polar surface area (TPSA) is 65.2 Å². The van der Waals surface area contributed by atoms with Crippen LogP contribution in [0.4, 0.5) is 26.3 Å². The summed E-state index contributed by atoms with van der Waals surface area (Å²) in [6, 6.07) is 0. The molecule has 0 fully saturated rings. The Balaban J connectivity index is 2.47. The van der Waals surface area contributed by atoms with E-state index in [4.69, 9.17) is 0 Å². The molecule has 0 saturated heterocycles. The van der Waals surface area contributed by atoms with Crippen LogP contribution in [0.15, 0.2) is 4.52 Å². The summed E-state index contributed by atoms with van der Waals surface area (Å²) < 4.78 is 79.2. The molecule has 11 heteroatoms. The fraction of sp³-hybridized carbons (Fsp3) is 0.625. The molecule has 0 atom stereocenters. The van der Waals surface area contributed by atoms with Crippen LogP contribution < -0.4 is 0 Å². The van der Waals surface area contributed by atoms with Gasteiger partial charge in [-0.15, -0.1) is 0 Å². The molecular formula is C8H6F6N2O3. The smallest absolute Gasteiger partial charge is 0.364 e. The quantitative estimate of drug-likeness (QED) is 0.774. The molecule has 0 saturated carbocycles. The Hall–Kier alpha value is -1.65. The lowest BCUT2D eigenvalue weighted by molar-refractivity contribution is -0.177. The van der Waals surface area contributed by atoms with E-state index in [1.165, 1.54) is 0 Å². The van der Waals surface area contributed by atoms with E-state index in [2.05, 4.69) is 19.4 Å². The fourth-order valence-corrected chi connectivity index (χ4v) is 0.916. The third-order valence-electron chi connectivity index (χ3n) is 1.63. The molecule has 0 radical (unpaired) electrons. The number of halogens is 6. The molecule has 0 aromatic carbocycles. The van der Waals surface area contributed by atoms with Gasteiger partial charge in [0, 0.05) is 0 Å². The highest BCUT2D eigenvalue weighted by Crippen LogP contribution is 2.18. The first-order valence-corrected chi connectivity index (χ1v) is 4.64. The lowest BCUT2D eigenvalue weighted by atomic mass is 10.3. The lowest BCUT2D eigenvalue weighted by Crippen LogP contribution is -2.24. The van der Waals surface area contributed by atoms with Gasteiger partial charge in [-0.1, -0.05) is 5.16 Å². The van der Waals surface area contributed by atoms with E-state index in [-0.39, 0.29) is 5.82 Å². The number of rotatable bonds is 5. The van der Waals surface area contributed by atoms with E-state index in [0.29, 0.717) is 0 Å². The monoisotopic (exact) mass is 292 g/mol. The lowest BCUT2D eigenvalue weighted by Gasteiger charge is -2.04. The average molecular weight is 292 g/mol. The number of carbonyl (C=O) groups is 1. The van der Waals surface area contributed by atoms with Crippen molar-refractivity contribution in [2.24, 2.45) is 0 Å². The number of alkyl halides is 6. The van der Waals surface area contributed by atoms with Crippen molar-refractivity contribution in [1.82, 2.24) is 10.1 Å². The number of hydrogen-bond donors (Lipinski definition) is 0. The summed E-state index contributed by atoms with van der Waals surface area (Å²) in [5.74, 6) is -3.12. The van der Waals surface area contributed by atoms with Crippen molar-refractivity contribution in [3.8, 4) is 0 Å². The van der Waals surface area contributed by atoms with Crippen molar-refractivity contribution in [1.29, 1.82) is 0 Å². The van der Waals surface area contributed by atoms with Crippen molar-refractivity contribution in [3.63, 3.8) is 0 Å². The van der Waals surface area contributed by atoms with E-state index in [9.17, 15) is 31.1 Å². The molecule has 0 spiro atoms. The first kappa shape index (κ1) is 15.4. The van der Waals surface area contributed by atoms with Gasteiger partial charge in [0.25, 0.3) is 0 Å². The normalized spacial score (nSPS) is 12.7. The standard InChI is InChI=1S/C8H6F6N2O3/c9-7(10,11)3-18-2-5-15-6(19-16-5)1-4(17)8(12,13)14/h1-3H2. The molecule has 1 aromatic heterocycles. The Labute approximate surface area is 101 Å². The molecule has 0 amide bonds. The highest BCUT2D eigenvalue weighted by molar-refractivity contribution is 5.85. The highest BCUT2D eigenvalue weighted by atomic mass is 19.4. The van der Waals surface area contributed by atoms with Crippen molar-refractivity contribution in [2.45, 2.75) is 25.4 Å². The molecule has 0 N–H and O–H groups in total. The van der Waals surface area contributed by atoms with Crippen molar-refractivity contribution in [2.75, 3.05) is 6.61 Å². The van der Waals surface area contributed by atoms with Gasteiger partial charge in [-0.3, -0.25) is 4.79 Å². The predicted octanol–water partition coefficient (Wildman–Crippen LogP) is 1.82. The number of ether oxygens (including phenoxy) is 1. The van der Waals surface area contributed by atoms with Crippen LogP contribution in [-0.2, 0) is 22.6 Å². The molecule has 0 aliphatic carbocycles. The van der Waals surface area contributed by atoms with Gasteiger partial charge in [-0.05, 0) is 0 Å². The maximum absolute atomic E-state index is 11.9. The average Bonchev–Trinajstić information content (AvgIpc) is 2.62. The Kier molecular flexibility index (Phi) is 4.50. The van der Waals surface area contributed by atoms with Crippen LogP contribution in [0, 0.1) is 0 Å². The van der Waals surface area contributed by atoms with Gasteiger partial charge in [0.05, 0.1) is 6.42 Å². The molecule has 1 rings (SSSR count). The predicted molar refractivity (Wildman–Crippen MR) is 44.8 cm³/mol. The van der Waals surface area contributed by atoms with Crippen LogP contribution in [0.1, 0.15) is 11.7 Å². The molecule has 0 unspecified atom stereocenters. The number of aromatic nitrogens is 2. The van der Waals surface area contributed by atoms with Gasteiger partial charge >= 0.3 is 12.4 Å². The fourth-order valence-electron chi connectivity index (χ4n) is 0.916. The summed E-state index contributed by atoms with van der Waals surface area (Å²) in [5.41, 5.74) is 0. The van der Waals surface area contributed by atoms with Gasteiger partial charge < -0.3 is 9.26 Å². The van der Waals surface area contributed by atoms with Gasteiger partial charge in [0.1, 0.15) is 13.2 Å². The highest BCUT2D eigenvalue weighted by Gasteiger charge is 2.39. The second-order valence-corrected chi connectivity index (χ2v) is 3.31. The summed E-state index contributed by atoms with van der Waals surface area (Å²) in [6.45, 7) is -2.25. The molecule has 0 aliphatic heterocycles. The van der Waals surface area contributed by atoms with Crippen LogP contribution in [0.25, 0.3) is 0 Å². The maximum atomic E-state index is 11.9. The Morgan fingerprint density at radius 1 is 1.21 bits per heavy atom. The summed E-state index contributed by atoms with van der Waals surface area (Å²) >= 11 is 0. The molecule has 1 heterocycles. The summed E-state index contributed by atoms with van der Waals surface area (Å²) in [4.78, 5) is 13.8. The minimum atomic E-state index is -5.04. The maximum Gasteiger partial charge on any atom is 0.450 e. The number of nitrogens with zero attached hydrogens (tertiary/aromatic N) is 2. The summed E-state index contributed by atoms with van der Waals surface area (Å²) in [6.07, 6.45) is -10.8. The SMILES string of the molecule is O=C(Cc1nc(COCC(F)(F)F)no1)C(F)(F)F. The molecular weight excluding hydrogens is 286 g/mol. The van der Waals surface area contributed by atoms with Crippen LogP contribution >= 0.6 is 0 Å². The molecule has 1 aromatic rings. The minimum absolute atomic E-state index is 0.380. The minimum Gasteiger partial charge on any atom is -0.364 e. The van der Waals surface area contributed by atoms with Crippen LogP contribution in [0.2, 0.25) is 0 Å². The third-order valence-corrected chi connectivity index (χ3v) is 1.63. The molecule has 0 aliphatic rings. The van der Waals surface area contributed by atoms with Gasteiger partial charge in [-0.25, -0.2) is 0 Å². The molecule has 0 bridgehead atoms. The van der Waals surface area contributed by atoms with E-state index < -0.39 is 43.7 Å². The number of hydrogen-bond acceptors (Lipinski definition) is 5. The zero-order chi connectivity index (χ0) is 14.7. The second kappa shape index (κ2) is 5.55. The Morgan fingerprint density at radius 2 is 1.84 bits per heavy atom. The van der Waals surface area contributed by atoms with Crippen LogP contribution in [0.5, 0.6) is 0 Å². The zero-order valence-corrected chi connectivity index (χ0v) is 9.01. The van der Waals surface area contributed by atoms with Gasteiger partial charge in [-0.2, -0.15) is 31.3 Å². The largest absolute Gasteiger partial charge is 0.450 e. The number of Topliss-reactive ketones (excluding diaryl/α,β-unsaturated/α-hetero) is 1. The van der Waals surface area contributed by atoms with E-state index >= 15 is 0 Å². The van der Waals surface area contributed by atoms with Crippen molar-refractivity contribution in [3.05, 3.63) is 11.7 Å². The second-order valence-electron chi connectivity index (χ2n) is 3.31. The van der Waals surface area contributed by atoms with Crippen molar-refractivity contribution < 1.29 is 40.4 Å². The van der Waals surface area contributed by atoms with E-state index in [0.717, 1.165) is 0 Å². The van der Waals surface area contributed by atoms with Gasteiger partial charge in [0.2, 0.25) is 11.7 Å².